The fourth-order valence-electron chi connectivity index (χ4n) is 1.95. The van der Waals surface area contributed by atoms with Crippen molar-refractivity contribution in [3.8, 4) is 0 Å². The molecule has 1 atom stereocenters. The fraction of sp³-hybridized carbons (Fsp3) is 0.176. The van der Waals surface area contributed by atoms with Gasteiger partial charge in [0.2, 0.25) is 5.91 Å². The zero-order valence-corrected chi connectivity index (χ0v) is 12.2. The van der Waals surface area contributed by atoms with Crippen molar-refractivity contribution in [3.63, 3.8) is 0 Å². The van der Waals surface area contributed by atoms with E-state index in [0.29, 0.717) is 12.2 Å². The molecule has 5 heteroatoms. The highest BCUT2D eigenvalue weighted by molar-refractivity contribution is 5.94. The molecule has 0 radical (unpaired) electrons. The van der Waals surface area contributed by atoms with Crippen molar-refractivity contribution >= 4 is 18.0 Å². The second-order valence-corrected chi connectivity index (χ2v) is 4.62. The zero-order chi connectivity index (χ0) is 15.8. The Bertz CT molecular complexity index is 632. The van der Waals surface area contributed by atoms with Gasteiger partial charge in [-0.25, -0.2) is 4.79 Å². The SMILES string of the molecule is COC(=O)[C@@H](Cc1ccccc1)NC(=O)/C=C\c1ccco1. The van der Waals surface area contributed by atoms with Crippen molar-refractivity contribution in [1.29, 1.82) is 0 Å². The van der Waals surface area contributed by atoms with Gasteiger partial charge < -0.3 is 14.5 Å². The Morgan fingerprint density at radius 3 is 2.64 bits per heavy atom. The number of furan rings is 1. The normalized spacial score (nSPS) is 12.0. The molecule has 22 heavy (non-hydrogen) atoms. The number of rotatable bonds is 6. The van der Waals surface area contributed by atoms with Gasteiger partial charge in [-0.15, -0.1) is 0 Å². The monoisotopic (exact) mass is 299 g/mol. The quantitative estimate of drug-likeness (QED) is 0.656. The van der Waals surface area contributed by atoms with Crippen molar-refractivity contribution in [2.45, 2.75) is 12.5 Å². The number of ether oxygens (including phenoxy) is 1. The minimum absolute atomic E-state index is 0.369. The van der Waals surface area contributed by atoms with Gasteiger partial charge in [-0.3, -0.25) is 4.79 Å². The van der Waals surface area contributed by atoms with Gasteiger partial charge in [0.15, 0.2) is 0 Å². The second-order valence-electron chi connectivity index (χ2n) is 4.62. The maximum atomic E-state index is 11.9. The van der Waals surface area contributed by atoms with Crippen LogP contribution < -0.4 is 5.32 Å². The lowest BCUT2D eigenvalue weighted by Crippen LogP contribution is -2.42. The van der Waals surface area contributed by atoms with Gasteiger partial charge in [0, 0.05) is 12.5 Å². The minimum atomic E-state index is -0.735. The first-order valence-corrected chi connectivity index (χ1v) is 6.83. The number of hydrogen-bond donors (Lipinski definition) is 1. The minimum Gasteiger partial charge on any atom is -0.467 e. The van der Waals surface area contributed by atoms with Crippen molar-refractivity contribution in [2.24, 2.45) is 0 Å². The first-order valence-electron chi connectivity index (χ1n) is 6.83. The molecule has 0 unspecified atom stereocenters. The van der Waals surface area contributed by atoms with Crippen LogP contribution in [-0.2, 0) is 20.7 Å². The van der Waals surface area contributed by atoms with Gasteiger partial charge in [-0.1, -0.05) is 30.3 Å². The Kier molecular flexibility index (Phi) is 5.54. The average Bonchev–Trinajstić information content (AvgIpc) is 3.06. The van der Waals surface area contributed by atoms with Gasteiger partial charge >= 0.3 is 5.97 Å². The van der Waals surface area contributed by atoms with E-state index in [1.807, 2.05) is 30.3 Å². The topological polar surface area (TPSA) is 68.5 Å². The Morgan fingerprint density at radius 1 is 1.23 bits per heavy atom. The molecule has 0 bridgehead atoms. The number of carbonyl (C=O) groups is 2. The van der Waals surface area contributed by atoms with E-state index in [-0.39, 0.29) is 5.91 Å². The highest BCUT2D eigenvalue weighted by Gasteiger charge is 2.20. The summed E-state index contributed by atoms with van der Waals surface area (Å²) in [5.41, 5.74) is 0.938. The molecule has 0 aliphatic rings. The Labute approximate surface area is 128 Å². The summed E-state index contributed by atoms with van der Waals surface area (Å²) >= 11 is 0. The third kappa shape index (κ3) is 4.63. The summed E-state index contributed by atoms with van der Waals surface area (Å²) < 4.78 is 9.83. The van der Waals surface area contributed by atoms with E-state index in [1.165, 1.54) is 25.5 Å². The summed E-state index contributed by atoms with van der Waals surface area (Å²) in [5, 5.41) is 2.64. The van der Waals surface area contributed by atoms with Crippen LogP contribution in [0.25, 0.3) is 6.08 Å². The summed E-state index contributed by atoms with van der Waals surface area (Å²) in [6, 6.07) is 12.1. The molecular formula is C17H17NO4. The van der Waals surface area contributed by atoms with E-state index < -0.39 is 12.0 Å². The molecule has 0 saturated carbocycles. The van der Waals surface area contributed by atoms with Crippen LogP contribution in [0.5, 0.6) is 0 Å². The summed E-state index contributed by atoms with van der Waals surface area (Å²) in [6.45, 7) is 0. The molecule has 2 rings (SSSR count). The van der Waals surface area contributed by atoms with Crippen LogP contribution in [-0.4, -0.2) is 25.0 Å². The number of benzene rings is 1. The molecule has 0 aliphatic heterocycles. The van der Waals surface area contributed by atoms with Crippen LogP contribution in [0.15, 0.2) is 59.2 Å². The molecule has 1 heterocycles. The highest BCUT2D eigenvalue weighted by Crippen LogP contribution is 2.05. The smallest absolute Gasteiger partial charge is 0.328 e. The van der Waals surface area contributed by atoms with Crippen LogP contribution in [0.1, 0.15) is 11.3 Å². The zero-order valence-electron chi connectivity index (χ0n) is 12.2. The Balaban J connectivity index is 2.00. The molecule has 0 spiro atoms. The molecule has 2 aromatic rings. The van der Waals surface area contributed by atoms with Gasteiger partial charge in [-0.05, 0) is 23.8 Å². The third-order valence-corrected chi connectivity index (χ3v) is 3.03. The van der Waals surface area contributed by atoms with E-state index in [4.69, 9.17) is 9.15 Å². The summed E-state index contributed by atoms with van der Waals surface area (Å²) in [7, 11) is 1.30. The predicted molar refractivity (Wildman–Crippen MR) is 81.8 cm³/mol. The number of carbonyl (C=O) groups excluding carboxylic acids is 2. The van der Waals surface area contributed by atoms with E-state index in [2.05, 4.69) is 5.32 Å². The van der Waals surface area contributed by atoms with Crippen molar-refractivity contribution in [3.05, 3.63) is 66.1 Å². The molecule has 0 fully saturated rings. The fourth-order valence-corrected chi connectivity index (χ4v) is 1.95. The Hall–Kier alpha value is -2.82. The van der Waals surface area contributed by atoms with Crippen molar-refractivity contribution in [1.82, 2.24) is 5.32 Å². The van der Waals surface area contributed by atoms with Crippen LogP contribution in [0.4, 0.5) is 0 Å². The summed E-state index contributed by atoms with van der Waals surface area (Å²) in [5.74, 6) is -0.306. The largest absolute Gasteiger partial charge is 0.467 e. The van der Waals surface area contributed by atoms with E-state index in [1.54, 1.807) is 12.1 Å². The van der Waals surface area contributed by atoms with Crippen LogP contribution in [0, 0.1) is 0 Å². The Morgan fingerprint density at radius 2 is 2.00 bits per heavy atom. The lowest BCUT2D eigenvalue weighted by atomic mass is 10.1. The third-order valence-electron chi connectivity index (χ3n) is 3.03. The van der Waals surface area contributed by atoms with Crippen LogP contribution in [0.2, 0.25) is 0 Å². The second kappa shape index (κ2) is 7.83. The first-order chi connectivity index (χ1) is 10.7. The van der Waals surface area contributed by atoms with Gasteiger partial charge in [-0.2, -0.15) is 0 Å². The molecule has 114 valence electrons. The van der Waals surface area contributed by atoms with Crippen molar-refractivity contribution in [2.75, 3.05) is 7.11 Å². The van der Waals surface area contributed by atoms with Gasteiger partial charge in [0.05, 0.1) is 13.4 Å². The molecule has 0 aliphatic carbocycles. The molecule has 0 saturated heterocycles. The first kappa shape index (κ1) is 15.6. The van der Waals surface area contributed by atoms with E-state index in [0.717, 1.165) is 5.56 Å². The molecule has 5 nitrogen and oxygen atoms in total. The lowest BCUT2D eigenvalue weighted by molar-refractivity contribution is -0.144. The van der Waals surface area contributed by atoms with E-state index in [9.17, 15) is 9.59 Å². The molecule has 1 aromatic heterocycles. The number of nitrogens with one attached hydrogen (secondary N) is 1. The number of esters is 1. The standard InChI is InChI=1S/C17H17NO4/c1-21-17(20)15(12-13-6-3-2-4-7-13)18-16(19)10-9-14-8-5-11-22-14/h2-11,15H,12H2,1H3,(H,18,19)/b10-9-/t15-/m1/s1. The van der Waals surface area contributed by atoms with E-state index >= 15 is 0 Å². The highest BCUT2D eigenvalue weighted by atomic mass is 16.5. The average molecular weight is 299 g/mol. The van der Waals surface area contributed by atoms with Gasteiger partial charge in [0.25, 0.3) is 0 Å². The maximum Gasteiger partial charge on any atom is 0.328 e. The molecule has 1 amide bonds. The number of amides is 1. The molecular weight excluding hydrogens is 282 g/mol. The van der Waals surface area contributed by atoms with Gasteiger partial charge in [0.1, 0.15) is 11.8 Å². The predicted octanol–water partition coefficient (Wildman–Crippen LogP) is 2.19. The van der Waals surface area contributed by atoms with Crippen LogP contribution >= 0.6 is 0 Å². The maximum absolute atomic E-state index is 11.9. The van der Waals surface area contributed by atoms with Crippen LogP contribution in [0.3, 0.4) is 0 Å². The summed E-state index contributed by atoms with van der Waals surface area (Å²) in [6.07, 6.45) is 4.74. The summed E-state index contributed by atoms with van der Waals surface area (Å²) in [4.78, 5) is 23.7. The number of methoxy groups -OCH3 is 1. The molecule has 1 N–H and O–H groups in total. The van der Waals surface area contributed by atoms with Crippen molar-refractivity contribution < 1.29 is 18.7 Å². The number of hydrogen-bond acceptors (Lipinski definition) is 4. The lowest BCUT2D eigenvalue weighted by Gasteiger charge is -2.15. The molecule has 1 aromatic carbocycles.